The quantitative estimate of drug-likeness (QED) is 0.358. The van der Waals surface area contributed by atoms with Crippen LogP contribution in [-0.2, 0) is 18.3 Å². The lowest BCUT2D eigenvalue weighted by molar-refractivity contribution is -0.145. The minimum absolute atomic E-state index is 0.0448. The number of nitrogens with zero attached hydrogens (tertiary/aromatic N) is 9. The molecule has 0 spiro atoms. The second kappa shape index (κ2) is 10.2. The van der Waals surface area contributed by atoms with Crippen LogP contribution in [0.4, 0.5) is 13.2 Å². The lowest BCUT2D eigenvalue weighted by atomic mass is 9.70. The first kappa shape index (κ1) is 26.8. The van der Waals surface area contributed by atoms with Crippen molar-refractivity contribution in [1.82, 2.24) is 44.5 Å². The molecule has 4 aromatic heterocycles. The van der Waals surface area contributed by atoms with Crippen molar-refractivity contribution in [3.8, 4) is 17.3 Å². The number of piperazine rings is 1. The Morgan fingerprint density at radius 2 is 1.98 bits per heavy atom. The Bertz CT molecular complexity index is 1630. The summed E-state index contributed by atoms with van der Waals surface area (Å²) in [6.07, 6.45) is 3.91. The molecule has 1 saturated heterocycles. The Hall–Kier alpha value is -4.42. The van der Waals surface area contributed by atoms with E-state index in [0.717, 1.165) is 22.3 Å². The Morgan fingerprint density at radius 3 is 2.68 bits per heavy atom. The van der Waals surface area contributed by atoms with E-state index in [2.05, 4.69) is 41.0 Å². The minimum Gasteiger partial charge on any atom is -0.346 e. The van der Waals surface area contributed by atoms with Crippen molar-refractivity contribution in [3.05, 3.63) is 54.3 Å². The largest absolute Gasteiger partial charge is 0.451 e. The summed E-state index contributed by atoms with van der Waals surface area (Å²) in [7, 11) is 0. The fraction of sp³-hybridized carbons (Fsp3) is 0.423. The Morgan fingerprint density at radius 1 is 1.20 bits per heavy atom. The van der Waals surface area contributed by atoms with Crippen LogP contribution in [0, 0.1) is 11.3 Å². The van der Waals surface area contributed by atoms with Crippen molar-refractivity contribution in [2.45, 2.75) is 43.6 Å². The van der Waals surface area contributed by atoms with Gasteiger partial charge in [-0.15, -0.1) is 0 Å². The van der Waals surface area contributed by atoms with Gasteiger partial charge in [0.25, 0.3) is 5.91 Å². The number of halogens is 3. The summed E-state index contributed by atoms with van der Waals surface area (Å²) >= 11 is 0. The van der Waals surface area contributed by atoms with Gasteiger partial charge in [0.05, 0.1) is 35.6 Å². The van der Waals surface area contributed by atoms with Crippen molar-refractivity contribution in [2.24, 2.45) is 5.73 Å². The molecule has 0 atom stereocenters. The van der Waals surface area contributed by atoms with Gasteiger partial charge in [0, 0.05) is 62.1 Å². The number of carbonyl (C=O) groups excluding carboxylic acids is 1. The average molecular weight is 566 g/mol. The molecule has 5 heterocycles. The molecule has 0 radical (unpaired) electrons. The molecule has 0 unspecified atom stereocenters. The van der Waals surface area contributed by atoms with Gasteiger partial charge in [-0.2, -0.15) is 23.5 Å². The molecule has 212 valence electrons. The van der Waals surface area contributed by atoms with E-state index in [1.807, 2.05) is 16.9 Å². The Kier molecular flexibility index (Phi) is 6.66. The summed E-state index contributed by atoms with van der Waals surface area (Å²) in [4.78, 5) is 35.4. The highest BCUT2D eigenvalue weighted by Gasteiger charge is 2.49. The number of nitriles is 1. The number of hydrogen-bond donors (Lipinski definition) is 2. The number of nitrogens with two attached hydrogens (primary N) is 1. The number of fused-ring (bicyclic) bond motifs is 1. The summed E-state index contributed by atoms with van der Waals surface area (Å²) < 4.78 is 41.5. The lowest BCUT2D eigenvalue weighted by Crippen LogP contribution is -2.60. The van der Waals surface area contributed by atoms with Gasteiger partial charge < -0.3 is 15.6 Å². The van der Waals surface area contributed by atoms with E-state index >= 15 is 0 Å². The maximum atomic E-state index is 13.2. The number of hydrogen-bond acceptors (Lipinski definition) is 9. The molecular formula is C26H26F3N11O. The average Bonchev–Trinajstić information content (AvgIpc) is 3.64. The number of alkyl halides is 3. The van der Waals surface area contributed by atoms with Crippen molar-refractivity contribution >= 4 is 16.9 Å². The molecule has 0 bridgehead atoms. The van der Waals surface area contributed by atoms with Crippen LogP contribution in [0.5, 0.6) is 0 Å². The molecule has 1 aliphatic carbocycles. The highest BCUT2D eigenvalue weighted by atomic mass is 19.4. The van der Waals surface area contributed by atoms with E-state index < -0.39 is 23.4 Å². The van der Waals surface area contributed by atoms with E-state index in [0.29, 0.717) is 45.4 Å². The summed E-state index contributed by atoms with van der Waals surface area (Å²) in [6, 6.07) is 5.62. The highest BCUT2D eigenvalue weighted by molar-refractivity contribution is 5.92. The molecule has 2 aliphatic rings. The Labute approximate surface area is 232 Å². The topological polar surface area (TPSA) is 159 Å². The first-order chi connectivity index (χ1) is 19.7. The molecule has 0 aromatic carbocycles. The minimum atomic E-state index is -4.78. The number of carbonyl (C=O) groups is 1. The van der Waals surface area contributed by atoms with Crippen molar-refractivity contribution < 1.29 is 18.0 Å². The van der Waals surface area contributed by atoms with Crippen LogP contribution in [-0.4, -0.2) is 82.6 Å². The fourth-order valence-electron chi connectivity index (χ4n) is 5.73. The molecule has 15 heteroatoms. The number of aromatic nitrogens is 7. The van der Waals surface area contributed by atoms with Gasteiger partial charge in [-0.1, -0.05) is 0 Å². The predicted octanol–water partition coefficient (Wildman–Crippen LogP) is 2.32. The third-order valence-electron chi connectivity index (χ3n) is 7.91. The van der Waals surface area contributed by atoms with Gasteiger partial charge in [-0.25, -0.2) is 19.9 Å². The van der Waals surface area contributed by atoms with Crippen LogP contribution < -0.4 is 5.73 Å². The lowest BCUT2D eigenvalue weighted by Gasteiger charge is -2.52. The monoisotopic (exact) mass is 565 g/mol. The fourth-order valence-corrected chi connectivity index (χ4v) is 5.73. The van der Waals surface area contributed by atoms with Gasteiger partial charge >= 0.3 is 6.18 Å². The van der Waals surface area contributed by atoms with E-state index in [-0.39, 0.29) is 24.0 Å². The predicted molar refractivity (Wildman–Crippen MR) is 139 cm³/mol. The number of rotatable bonds is 6. The Balaban J connectivity index is 1.12. The smallest absolute Gasteiger partial charge is 0.346 e. The van der Waals surface area contributed by atoms with Gasteiger partial charge in [-0.3, -0.25) is 14.4 Å². The number of aromatic amines is 1. The van der Waals surface area contributed by atoms with Crippen molar-refractivity contribution in [3.63, 3.8) is 0 Å². The maximum Gasteiger partial charge on any atom is 0.451 e. The van der Waals surface area contributed by atoms with Crippen LogP contribution in [0.15, 0.2) is 37.1 Å². The second-order valence-electron chi connectivity index (χ2n) is 10.4. The van der Waals surface area contributed by atoms with Gasteiger partial charge in [-0.05, 0) is 25.0 Å². The zero-order chi connectivity index (χ0) is 28.8. The first-order valence-corrected chi connectivity index (χ1v) is 13.1. The van der Waals surface area contributed by atoms with Crippen LogP contribution in [0.2, 0.25) is 0 Å². The number of amides is 1. The molecule has 3 N–H and O–H groups in total. The zero-order valence-electron chi connectivity index (χ0n) is 21.8. The molecule has 4 aromatic rings. The van der Waals surface area contributed by atoms with Crippen molar-refractivity contribution in [2.75, 3.05) is 26.2 Å². The van der Waals surface area contributed by atoms with E-state index in [1.54, 1.807) is 12.4 Å². The summed E-state index contributed by atoms with van der Waals surface area (Å²) in [5, 5.41) is 15.1. The zero-order valence-corrected chi connectivity index (χ0v) is 21.8. The van der Waals surface area contributed by atoms with Gasteiger partial charge in [0.1, 0.15) is 17.7 Å². The van der Waals surface area contributed by atoms with E-state index in [1.165, 1.54) is 17.3 Å². The van der Waals surface area contributed by atoms with Crippen LogP contribution in [0.25, 0.3) is 22.3 Å². The SMILES string of the molecule is N#CC[C@]1(n2cc(-c3ncnc4[nH]ccc34)cn2)C[C@@H](N2CCN(C(=O)c3cc(CN)nc(C(F)(F)F)n3)CC2)C1. The second-order valence-corrected chi connectivity index (χ2v) is 10.4. The number of H-pyrrole nitrogens is 1. The summed E-state index contributed by atoms with van der Waals surface area (Å²) in [5.41, 5.74) is 7.01. The van der Waals surface area contributed by atoms with E-state index in [4.69, 9.17) is 5.73 Å². The van der Waals surface area contributed by atoms with Crippen molar-refractivity contribution in [1.29, 1.82) is 5.26 Å². The molecule has 1 aliphatic heterocycles. The molecule has 1 saturated carbocycles. The standard InChI is InChI=1S/C26H26F3N11O/c27-26(28,29)24-36-17(12-31)9-20(37-24)23(41)39-7-5-38(6-8-39)18-10-25(11-18,2-3-30)40-14-16(13-35-40)21-19-1-4-32-22(19)34-15-33-21/h1,4,9,13-15,18H,2,5-8,10-12,31H2,(H,32,33,34)/t18-,25+. The normalized spacial score (nSPS) is 21.5. The van der Waals surface area contributed by atoms with Gasteiger partial charge in [0.15, 0.2) is 0 Å². The molecule has 2 fully saturated rings. The molecule has 1 amide bonds. The highest BCUT2D eigenvalue weighted by Crippen LogP contribution is 2.45. The summed E-state index contributed by atoms with van der Waals surface area (Å²) in [5.74, 6) is -1.95. The molecule has 6 rings (SSSR count). The summed E-state index contributed by atoms with van der Waals surface area (Å²) in [6.45, 7) is 1.55. The first-order valence-electron chi connectivity index (χ1n) is 13.1. The third kappa shape index (κ3) is 4.89. The van der Waals surface area contributed by atoms with Gasteiger partial charge in [0.2, 0.25) is 5.82 Å². The van der Waals surface area contributed by atoms with Crippen LogP contribution >= 0.6 is 0 Å². The third-order valence-corrected chi connectivity index (χ3v) is 7.91. The maximum absolute atomic E-state index is 13.2. The number of nitrogens with one attached hydrogen (secondary N) is 1. The van der Waals surface area contributed by atoms with Crippen LogP contribution in [0.3, 0.4) is 0 Å². The molecule has 41 heavy (non-hydrogen) atoms. The van der Waals surface area contributed by atoms with E-state index in [9.17, 15) is 23.2 Å². The molecular weight excluding hydrogens is 539 g/mol. The molecule has 12 nitrogen and oxygen atoms in total. The van der Waals surface area contributed by atoms with Crippen LogP contribution in [0.1, 0.15) is 41.3 Å².